The number of nitriles is 1. The average Bonchev–Trinajstić information content (AvgIpc) is 2.91. The minimum absolute atomic E-state index is 0.331. The average molecular weight is 286 g/mol. The van der Waals surface area contributed by atoms with Gasteiger partial charge in [0.1, 0.15) is 17.5 Å². The summed E-state index contributed by atoms with van der Waals surface area (Å²) in [7, 11) is 1.59. The van der Waals surface area contributed by atoms with Crippen molar-refractivity contribution in [2.75, 3.05) is 13.7 Å². The van der Waals surface area contributed by atoms with Crippen LogP contribution < -0.4 is 4.74 Å². The van der Waals surface area contributed by atoms with Crippen molar-refractivity contribution in [2.24, 2.45) is 0 Å². The van der Waals surface area contributed by atoms with Gasteiger partial charge in [0.2, 0.25) is 0 Å². The number of rotatable bonds is 8. The second kappa shape index (κ2) is 8.02. The Balaban J connectivity index is 1.76. The normalized spacial score (nSPS) is 10.3. The Labute approximate surface area is 123 Å². The van der Waals surface area contributed by atoms with Gasteiger partial charge in [-0.3, -0.25) is 0 Å². The zero-order valence-electron chi connectivity index (χ0n) is 12.0. The molecular weight excluding hydrogens is 268 g/mol. The van der Waals surface area contributed by atoms with Crippen LogP contribution in [0.25, 0.3) is 0 Å². The Morgan fingerprint density at radius 3 is 2.76 bits per heavy atom. The number of unbranched alkanes of at least 4 members (excludes halogenated alkanes) is 1. The zero-order valence-corrected chi connectivity index (χ0v) is 12.0. The highest BCUT2D eigenvalue weighted by molar-refractivity contribution is 5.24. The summed E-state index contributed by atoms with van der Waals surface area (Å²) in [5.74, 6) is 0.880. The van der Waals surface area contributed by atoms with Crippen molar-refractivity contribution in [1.29, 1.82) is 5.26 Å². The van der Waals surface area contributed by atoms with Crippen LogP contribution in [-0.2, 0) is 17.9 Å². The first-order chi connectivity index (χ1) is 10.3. The molecule has 0 atom stereocenters. The van der Waals surface area contributed by atoms with E-state index in [-0.39, 0.29) is 0 Å². The van der Waals surface area contributed by atoms with Gasteiger partial charge in [0.05, 0.1) is 13.2 Å². The molecule has 0 bridgehead atoms. The largest absolute Gasteiger partial charge is 0.494 e. The maximum atomic E-state index is 8.95. The molecule has 1 heterocycles. The van der Waals surface area contributed by atoms with Crippen molar-refractivity contribution in [3.05, 3.63) is 41.7 Å². The number of aromatic nitrogens is 3. The monoisotopic (exact) mass is 286 g/mol. The number of para-hydroxylation sites is 1. The lowest BCUT2D eigenvalue weighted by atomic mass is 10.3. The minimum Gasteiger partial charge on any atom is -0.494 e. The molecule has 0 saturated heterocycles. The number of nitrogens with zero attached hydrogens (tertiary/aromatic N) is 4. The van der Waals surface area contributed by atoms with Crippen LogP contribution in [0.4, 0.5) is 0 Å². The molecule has 0 amide bonds. The van der Waals surface area contributed by atoms with E-state index in [9.17, 15) is 0 Å². The first-order valence-electron chi connectivity index (χ1n) is 6.84. The standard InChI is InChI=1S/C15H18N4O2/c1-20-12-15-14(11-16)17-18-19(15)9-5-6-10-21-13-7-3-2-4-8-13/h2-4,7-8H,5-6,9-10,12H2,1H3. The molecule has 0 aliphatic carbocycles. The van der Waals surface area contributed by atoms with Crippen LogP contribution in [0.1, 0.15) is 24.2 Å². The third kappa shape index (κ3) is 4.29. The van der Waals surface area contributed by atoms with Crippen molar-refractivity contribution in [1.82, 2.24) is 15.0 Å². The summed E-state index contributed by atoms with van der Waals surface area (Å²) in [6.07, 6.45) is 1.81. The highest BCUT2D eigenvalue weighted by Gasteiger charge is 2.11. The molecule has 2 rings (SSSR count). The van der Waals surface area contributed by atoms with Crippen LogP contribution in [0, 0.1) is 11.3 Å². The summed E-state index contributed by atoms with van der Waals surface area (Å²) in [6.45, 7) is 1.70. The maximum Gasteiger partial charge on any atom is 0.188 e. The predicted molar refractivity (Wildman–Crippen MR) is 76.6 cm³/mol. The molecule has 0 aliphatic heterocycles. The molecule has 0 spiro atoms. The fourth-order valence-electron chi connectivity index (χ4n) is 1.95. The second-order valence-corrected chi connectivity index (χ2v) is 4.52. The second-order valence-electron chi connectivity index (χ2n) is 4.52. The Hall–Kier alpha value is -2.39. The first-order valence-corrected chi connectivity index (χ1v) is 6.84. The third-order valence-electron chi connectivity index (χ3n) is 3.00. The van der Waals surface area contributed by atoms with Crippen molar-refractivity contribution in [2.45, 2.75) is 26.0 Å². The fraction of sp³-hybridized carbons (Fsp3) is 0.400. The predicted octanol–water partition coefficient (Wildman–Crippen LogP) is 2.16. The molecule has 0 aliphatic rings. The number of ether oxygens (including phenoxy) is 2. The van der Waals surface area contributed by atoms with E-state index in [2.05, 4.69) is 10.3 Å². The lowest BCUT2D eigenvalue weighted by Crippen LogP contribution is -2.08. The van der Waals surface area contributed by atoms with E-state index in [4.69, 9.17) is 14.7 Å². The van der Waals surface area contributed by atoms with Gasteiger partial charge in [0.25, 0.3) is 0 Å². The van der Waals surface area contributed by atoms with Gasteiger partial charge >= 0.3 is 0 Å². The highest BCUT2D eigenvalue weighted by atomic mass is 16.5. The van der Waals surface area contributed by atoms with Crippen LogP contribution in [0.2, 0.25) is 0 Å². The number of aryl methyl sites for hydroxylation is 1. The van der Waals surface area contributed by atoms with Gasteiger partial charge in [-0.25, -0.2) is 4.68 Å². The number of hydrogen-bond donors (Lipinski definition) is 0. The summed E-state index contributed by atoms with van der Waals surface area (Å²) < 4.78 is 12.4. The van der Waals surface area contributed by atoms with E-state index >= 15 is 0 Å². The van der Waals surface area contributed by atoms with E-state index in [1.807, 2.05) is 36.4 Å². The van der Waals surface area contributed by atoms with Crippen molar-refractivity contribution < 1.29 is 9.47 Å². The van der Waals surface area contributed by atoms with E-state index in [0.717, 1.165) is 24.3 Å². The van der Waals surface area contributed by atoms with Gasteiger partial charge in [-0.05, 0) is 25.0 Å². The third-order valence-corrected chi connectivity index (χ3v) is 3.00. The highest BCUT2D eigenvalue weighted by Crippen LogP contribution is 2.10. The van der Waals surface area contributed by atoms with Gasteiger partial charge in [-0.2, -0.15) is 5.26 Å². The Morgan fingerprint density at radius 2 is 2.05 bits per heavy atom. The Bertz CT molecular complexity index is 589. The summed E-state index contributed by atoms with van der Waals surface area (Å²) in [5.41, 5.74) is 1.06. The summed E-state index contributed by atoms with van der Waals surface area (Å²) >= 11 is 0. The number of benzene rings is 1. The Kier molecular flexibility index (Phi) is 5.73. The van der Waals surface area contributed by atoms with E-state index in [1.165, 1.54) is 0 Å². The maximum absolute atomic E-state index is 8.95. The lowest BCUT2D eigenvalue weighted by molar-refractivity contribution is 0.175. The van der Waals surface area contributed by atoms with Crippen LogP contribution in [0.5, 0.6) is 5.75 Å². The van der Waals surface area contributed by atoms with Crippen LogP contribution in [-0.4, -0.2) is 28.7 Å². The molecule has 0 fully saturated rings. The molecule has 21 heavy (non-hydrogen) atoms. The van der Waals surface area contributed by atoms with Gasteiger partial charge in [-0.15, -0.1) is 5.10 Å². The summed E-state index contributed by atoms with van der Waals surface area (Å²) in [6, 6.07) is 11.8. The quantitative estimate of drug-likeness (QED) is 0.695. The van der Waals surface area contributed by atoms with E-state index in [0.29, 0.717) is 25.5 Å². The molecule has 2 aromatic rings. The summed E-state index contributed by atoms with van der Waals surface area (Å²) in [5, 5.41) is 16.8. The molecule has 6 heteroatoms. The smallest absolute Gasteiger partial charge is 0.188 e. The minimum atomic E-state index is 0.331. The van der Waals surface area contributed by atoms with Gasteiger partial charge in [0.15, 0.2) is 5.69 Å². The number of hydrogen-bond acceptors (Lipinski definition) is 5. The van der Waals surface area contributed by atoms with Crippen molar-refractivity contribution in [3.63, 3.8) is 0 Å². The van der Waals surface area contributed by atoms with E-state index < -0.39 is 0 Å². The van der Waals surface area contributed by atoms with Crippen LogP contribution in [0.15, 0.2) is 30.3 Å². The topological polar surface area (TPSA) is 73.0 Å². The first kappa shape index (κ1) is 15.0. The van der Waals surface area contributed by atoms with E-state index in [1.54, 1.807) is 11.8 Å². The molecule has 0 radical (unpaired) electrons. The zero-order chi connectivity index (χ0) is 14.9. The molecule has 6 nitrogen and oxygen atoms in total. The molecule has 0 N–H and O–H groups in total. The lowest BCUT2D eigenvalue weighted by Gasteiger charge is -2.07. The van der Waals surface area contributed by atoms with Crippen molar-refractivity contribution in [3.8, 4) is 11.8 Å². The van der Waals surface area contributed by atoms with Crippen molar-refractivity contribution >= 4 is 0 Å². The van der Waals surface area contributed by atoms with Gasteiger partial charge < -0.3 is 9.47 Å². The van der Waals surface area contributed by atoms with Crippen LogP contribution >= 0.6 is 0 Å². The summed E-state index contributed by atoms with van der Waals surface area (Å²) in [4.78, 5) is 0. The number of methoxy groups -OCH3 is 1. The molecule has 0 unspecified atom stereocenters. The SMILES string of the molecule is COCc1c(C#N)nnn1CCCCOc1ccccc1. The molecule has 0 saturated carbocycles. The van der Waals surface area contributed by atoms with Gasteiger partial charge in [0, 0.05) is 13.7 Å². The van der Waals surface area contributed by atoms with Gasteiger partial charge in [-0.1, -0.05) is 23.4 Å². The molecular formula is C15H18N4O2. The Morgan fingerprint density at radius 1 is 1.24 bits per heavy atom. The molecule has 1 aromatic heterocycles. The fourth-order valence-corrected chi connectivity index (χ4v) is 1.95. The molecule has 1 aromatic carbocycles. The molecule has 110 valence electrons. The van der Waals surface area contributed by atoms with Crippen LogP contribution in [0.3, 0.4) is 0 Å².